The fraction of sp³-hybridized carbons (Fsp3) is 0.435. The van der Waals surface area contributed by atoms with E-state index in [0.29, 0.717) is 19.4 Å². The first kappa shape index (κ1) is 23.9. The molecule has 0 bridgehead atoms. The number of hydrogen-bond donors (Lipinski definition) is 2. The standard InChI is InChI=1S/C23H35NO2/c1-4-7-8-9-10-11-12-13-14-15-16-17-18-19-22(25)24-21-23(26,6-3)20-5-2/h4,7-11,14-19,26H,5-6,12-13,20-21H2,1-3H3,(H,24,25). The van der Waals surface area contributed by atoms with Gasteiger partial charge in [-0.05, 0) is 32.6 Å². The Kier molecular flexibility index (Phi) is 15.0. The highest BCUT2D eigenvalue weighted by molar-refractivity contribution is 5.87. The lowest BCUT2D eigenvalue weighted by molar-refractivity contribution is -0.117. The van der Waals surface area contributed by atoms with Gasteiger partial charge in [-0.25, -0.2) is 0 Å². The monoisotopic (exact) mass is 357 g/mol. The number of hydrogen-bond acceptors (Lipinski definition) is 2. The van der Waals surface area contributed by atoms with E-state index in [0.717, 1.165) is 19.3 Å². The number of aliphatic hydroxyl groups is 1. The minimum atomic E-state index is -0.798. The van der Waals surface area contributed by atoms with E-state index in [1.807, 2.05) is 69.4 Å². The van der Waals surface area contributed by atoms with Crippen molar-refractivity contribution in [3.63, 3.8) is 0 Å². The van der Waals surface area contributed by atoms with E-state index in [1.54, 1.807) is 6.08 Å². The van der Waals surface area contributed by atoms with Crippen molar-refractivity contribution >= 4 is 5.91 Å². The lowest BCUT2D eigenvalue weighted by Crippen LogP contribution is -2.41. The van der Waals surface area contributed by atoms with Crippen molar-refractivity contribution in [1.82, 2.24) is 5.32 Å². The summed E-state index contributed by atoms with van der Waals surface area (Å²) in [5, 5.41) is 13.0. The Labute approximate surface area is 159 Å². The van der Waals surface area contributed by atoms with Gasteiger partial charge in [-0.3, -0.25) is 4.79 Å². The van der Waals surface area contributed by atoms with E-state index in [9.17, 15) is 9.90 Å². The molecule has 0 aliphatic carbocycles. The van der Waals surface area contributed by atoms with Gasteiger partial charge in [-0.2, -0.15) is 0 Å². The van der Waals surface area contributed by atoms with Gasteiger partial charge in [-0.15, -0.1) is 0 Å². The molecule has 0 fully saturated rings. The van der Waals surface area contributed by atoms with E-state index in [-0.39, 0.29) is 5.91 Å². The maximum atomic E-state index is 11.7. The third-order valence-electron chi connectivity index (χ3n) is 3.84. The molecule has 26 heavy (non-hydrogen) atoms. The topological polar surface area (TPSA) is 49.3 Å². The first-order chi connectivity index (χ1) is 12.6. The van der Waals surface area contributed by atoms with Crippen LogP contribution in [0, 0.1) is 0 Å². The van der Waals surface area contributed by atoms with Crippen molar-refractivity contribution in [2.24, 2.45) is 0 Å². The molecule has 0 aromatic carbocycles. The van der Waals surface area contributed by atoms with E-state index in [4.69, 9.17) is 0 Å². The van der Waals surface area contributed by atoms with Crippen molar-refractivity contribution in [2.75, 3.05) is 6.54 Å². The Morgan fingerprint density at radius 3 is 2.04 bits per heavy atom. The number of rotatable bonds is 13. The molecule has 2 N–H and O–H groups in total. The molecule has 1 amide bonds. The van der Waals surface area contributed by atoms with Crippen LogP contribution in [-0.4, -0.2) is 23.2 Å². The highest BCUT2D eigenvalue weighted by Gasteiger charge is 2.23. The Morgan fingerprint density at radius 1 is 0.923 bits per heavy atom. The maximum absolute atomic E-state index is 11.7. The molecule has 0 aromatic rings. The lowest BCUT2D eigenvalue weighted by atomic mass is 9.95. The summed E-state index contributed by atoms with van der Waals surface area (Å²) in [4.78, 5) is 11.7. The SMILES string of the molecule is CC=CC=CC=CCCC=CC=CC=CC(=O)NCC(O)(CC)CCC. The zero-order chi connectivity index (χ0) is 19.5. The molecule has 0 aliphatic rings. The van der Waals surface area contributed by atoms with Crippen LogP contribution in [0.3, 0.4) is 0 Å². The van der Waals surface area contributed by atoms with E-state index in [2.05, 4.69) is 17.5 Å². The number of allylic oxidation sites excluding steroid dienone is 11. The van der Waals surface area contributed by atoms with Crippen LogP contribution in [0.15, 0.2) is 72.9 Å². The first-order valence-corrected chi connectivity index (χ1v) is 9.52. The third kappa shape index (κ3) is 14.2. The third-order valence-corrected chi connectivity index (χ3v) is 3.84. The predicted octanol–water partition coefficient (Wildman–Crippen LogP) is 5.18. The highest BCUT2D eigenvalue weighted by atomic mass is 16.3. The lowest BCUT2D eigenvalue weighted by Gasteiger charge is -2.26. The smallest absolute Gasteiger partial charge is 0.244 e. The number of carbonyl (C=O) groups is 1. The normalized spacial score (nSPS) is 15.4. The maximum Gasteiger partial charge on any atom is 0.244 e. The Bertz CT molecular complexity index is 538. The molecule has 1 atom stereocenters. The molecular formula is C23H35NO2. The molecule has 3 nitrogen and oxygen atoms in total. The summed E-state index contributed by atoms with van der Waals surface area (Å²) < 4.78 is 0. The highest BCUT2D eigenvalue weighted by Crippen LogP contribution is 2.15. The van der Waals surface area contributed by atoms with Crippen LogP contribution in [0.2, 0.25) is 0 Å². The van der Waals surface area contributed by atoms with Crippen LogP contribution in [0.1, 0.15) is 52.9 Å². The summed E-state index contributed by atoms with van der Waals surface area (Å²) in [6.45, 7) is 6.25. The molecule has 0 spiro atoms. The number of unbranched alkanes of at least 4 members (excludes halogenated alkanes) is 1. The first-order valence-electron chi connectivity index (χ1n) is 9.52. The summed E-state index contributed by atoms with van der Waals surface area (Å²) >= 11 is 0. The Hall–Kier alpha value is -2.13. The largest absolute Gasteiger partial charge is 0.388 e. The van der Waals surface area contributed by atoms with Crippen LogP contribution in [0.25, 0.3) is 0 Å². The van der Waals surface area contributed by atoms with Crippen molar-refractivity contribution in [1.29, 1.82) is 0 Å². The molecule has 0 aliphatic heterocycles. The fourth-order valence-corrected chi connectivity index (χ4v) is 2.22. The van der Waals surface area contributed by atoms with Gasteiger partial charge in [0.1, 0.15) is 0 Å². The Balaban J connectivity index is 3.97. The van der Waals surface area contributed by atoms with Gasteiger partial charge in [-0.1, -0.05) is 87.1 Å². The van der Waals surface area contributed by atoms with Gasteiger partial charge in [0.05, 0.1) is 5.60 Å². The average Bonchev–Trinajstić information content (AvgIpc) is 2.64. The molecule has 144 valence electrons. The van der Waals surface area contributed by atoms with Crippen LogP contribution >= 0.6 is 0 Å². The van der Waals surface area contributed by atoms with E-state index in [1.165, 1.54) is 6.08 Å². The summed E-state index contributed by atoms with van der Waals surface area (Å²) in [7, 11) is 0. The Morgan fingerprint density at radius 2 is 1.50 bits per heavy atom. The van der Waals surface area contributed by atoms with Crippen LogP contribution in [-0.2, 0) is 4.79 Å². The minimum absolute atomic E-state index is 0.183. The summed E-state index contributed by atoms with van der Waals surface area (Å²) in [6.07, 6.45) is 27.4. The summed E-state index contributed by atoms with van der Waals surface area (Å²) in [6, 6.07) is 0. The minimum Gasteiger partial charge on any atom is -0.388 e. The zero-order valence-corrected chi connectivity index (χ0v) is 16.5. The second-order valence-electron chi connectivity index (χ2n) is 6.13. The van der Waals surface area contributed by atoms with Gasteiger partial charge in [0.2, 0.25) is 5.91 Å². The fourth-order valence-electron chi connectivity index (χ4n) is 2.22. The number of carbonyl (C=O) groups excluding carboxylic acids is 1. The molecule has 0 heterocycles. The molecule has 1 unspecified atom stereocenters. The van der Waals surface area contributed by atoms with Gasteiger partial charge >= 0.3 is 0 Å². The molecule has 0 saturated carbocycles. The zero-order valence-electron chi connectivity index (χ0n) is 16.5. The number of nitrogens with one attached hydrogen (secondary N) is 1. The van der Waals surface area contributed by atoms with Crippen LogP contribution < -0.4 is 5.32 Å². The van der Waals surface area contributed by atoms with Gasteiger partial charge in [0, 0.05) is 12.6 Å². The second-order valence-corrected chi connectivity index (χ2v) is 6.13. The van der Waals surface area contributed by atoms with Crippen LogP contribution in [0.4, 0.5) is 0 Å². The molecular weight excluding hydrogens is 322 g/mol. The quantitative estimate of drug-likeness (QED) is 0.271. The van der Waals surface area contributed by atoms with Crippen LogP contribution in [0.5, 0.6) is 0 Å². The molecule has 3 heteroatoms. The van der Waals surface area contributed by atoms with Gasteiger partial charge < -0.3 is 10.4 Å². The second kappa shape index (κ2) is 16.3. The van der Waals surface area contributed by atoms with Gasteiger partial charge in [0.15, 0.2) is 0 Å². The molecule has 0 rings (SSSR count). The summed E-state index contributed by atoms with van der Waals surface area (Å²) in [5.74, 6) is -0.183. The van der Waals surface area contributed by atoms with Crippen molar-refractivity contribution < 1.29 is 9.90 Å². The molecule has 0 radical (unpaired) electrons. The molecule has 0 aromatic heterocycles. The number of amides is 1. The van der Waals surface area contributed by atoms with Crippen molar-refractivity contribution in [3.05, 3.63) is 72.9 Å². The van der Waals surface area contributed by atoms with Gasteiger partial charge in [0.25, 0.3) is 0 Å². The predicted molar refractivity (Wildman–Crippen MR) is 113 cm³/mol. The van der Waals surface area contributed by atoms with Crippen molar-refractivity contribution in [3.8, 4) is 0 Å². The summed E-state index contributed by atoms with van der Waals surface area (Å²) in [5.41, 5.74) is -0.798. The van der Waals surface area contributed by atoms with E-state index < -0.39 is 5.60 Å². The van der Waals surface area contributed by atoms with Crippen molar-refractivity contribution in [2.45, 2.75) is 58.5 Å². The average molecular weight is 358 g/mol. The molecule has 0 saturated heterocycles. The van der Waals surface area contributed by atoms with E-state index >= 15 is 0 Å².